The average Bonchev–Trinajstić information content (AvgIpc) is 2.54. The Morgan fingerprint density at radius 1 is 1.22 bits per heavy atom. The van der Waals surface area contributed by atoms with Crippen molar-refractivity contribution in [3.63, 3.8) is 0 Å². The lowest BCUT2D eigenvalue weighted by molar-refractivity contribution is -0.385. The number of aryl methyl sites for hydroxylation is 2. The van der Waals surface area contributed by atoms with Gasteiger partial charge in [0.25, 0.3) is 11.6 Å². The Morgan fingerprint density at radius 3 is 2.57 bits per heavy atom. The minimum absolute atomic E-state index is 0.0111. The van der Waals surface area contributed by atoms with E-state index in [1.807, 2.05) is 25.1 Å². The van der Waals surface area contributed by atoms with Gasteiger partial charge in [-0.3, -0.25) is 14.9 Å². The van der Waals surface area contributed by atoms with Crippen LogP contribution < -0.4 is 5.32 Å². The van der Waals surface area contributed by atoms with Crippen molar-refractivity contribution in [2.45, 2.75) is 32.7 Å². The monoisotopic (exact) mass is 312 g/mol. The first-order chi connectivity index (χ1) is 11.0. The highest BCUT2D eigenvalue weighted by Crippen LogP contribution is 2.19. The van der Waals surface area contributed by atoms with Crippen molar-refractivity contribution in [3.05, 3.63) is 75.3 Å². The van der Waals surface area contributed by atoms with E-state index in [9.17, 15) is 14.9 Å². The third-order valence-corrected chi connectivity index (χ3v) is 3.75. The van der Waals surface area contributed by atoms with Gasteiger partial charge in [0.15, 0.2) is 0 Å². The molecule has 0 spiro atoms. The molecule has 0 saturated carbocycles. The molecule has 0 aliphatic rings. The van der Waals surface area contributed by atoms with Crippen LogP contribution >= 0.6 is 0 Å². The standard InChI is InChI=1S/C18H20N2O3/c1-13-8-11-16(12-17(13)20(22)23)18(21)19-14(2)9-10-15-6-4-3-5-7-15/h3-8,11-12,14H,9-10H2,1-2H3,(H,19,21). The van der Waals surface area contributed by atoms with Crippen molar-refractivity contribution >= 4 is 11.6 Å². The first-order valence-corrected chi connectivity index (χ1v) is 7.57. The summed E-state index contributed by atoms with van der Waals surface area (Å²) in [5, 5.41) is 13.8. The molecule has 0 aliphatic carbocycles. The number of hydrogen-bond donors (Lipinski definition) is 1. The zero-order valence-electron chi connectivity index (χ0n) is 13.3. The van der Waals surface area contributed by atoms with E-state index >= 15 is 0 Å². The molecule has 0 fully saturated rings. The number of carbonyl (C=O) groups is 1. The van der Waals surface area contributed by atoms with Gasteiger partial charge >= 0.3 is 0 Å². The molecule has 1 N–H and O–H groups in total. The summed E-state index contributed by atoms with van der Waals surface area (Å²) in [6.45, 7) is 3.59. The highest BCUT2D eigenvalue weighted by Gasteiger charge is 2.16. The van der Waals surface area contributed by atoms with Crippen LogP contribution in [0.25, 0.3) is 0 Å². The third kappa shape index (κ3) is 4.64. The van der Waals surface area contributed by atoms with Crippen LogP contribution in [0.1, 0.15) is 34.8 Å². The predicted molar refractivity (Wildman–Crippen MR) is 89.5 cm³/mol. The highest BCUT2D eigenvalue weighted by atomic mass is 16.6. The summed E-state index contributed by atoms with van der Waals surface area (Å²) in [6, 6.07) is 14.6. The van der Waals surface area contributed by atoms with Crippen molar-refractivity contribution in [1.29, 1.82) is 0 Å². The molecule has 5 heteroatoms. The van der Waals surface area contributed by atoms with Crippen molar-refractivity contribution in [3.8, 4) is 0 Å². The molecule has 0 radical (unpaired) electrons. The van der Waals surface area contributed by atoms with E-state index in [-0.39, 0.29) is 17.6 Å². The highest BCUT2D eigenvalue weighted by molar-refractivity contribution is 5.95. The van der Waals surface area contributed by atoms with Crippen LogP contribution in [0.15, 0.2) is 48.5 Å². The summed E-state index contributed by atoms with van der Waals surface area (Å²) >= 11 is 0. The minimum Gasteiger partial charge on any atom is -0.350 e. The van der Waals surface area contributed by atoms with Gasteiger partial charge in [0.1, 0.15) is 0 Å². The van der Waals surface area contributed by atoms with E-state index in [0.717, 1.165) is 12.8 Å². The summed E-state index contributed by atoms with van der Waals surface area (Å²) in [5.41, 5.74) is 2.05. The lowest BCUT2D eigenvalue weighted by Gasteiger charge is -2.14. The molecular weight excluding hydrogens is 292 g/mol. The average molecular weight is 312 g/mol. The van der Waals surface area contributed by atoms with Crippen LogP contribution in [-0.4, -0.2) is 16.9 Å². The fourth-order valence-electron chi connectivity index (χ4n) is 2.35. The maximum Gasteiger partial charge on any atom is 0.273 e. The molecule has 2 aromatic rings. The summed E-state index contributed by atoms with van der Waals surface area (Å²) < 4.78 is 0. The molecule has 1 amide bonds. The largest absolute Gasteiger partial charge is 0.350 e. The number of rotatable bonds is 6. The summed E-state index contributed by atoms with van der Waals surface area (Å²) in [5.74, 6) is -0.284. The Bertz CT molecular complexity index is 699. The Labute approximate surface area is 135 Å². The molecule has 2 aromatic carbocycles. The second-order valence-corrected chi connectivity index (χ2v) is 5.66. The Hall–Kier alpha value is -2.69. The molecule has 0 aliphatic heterocycles. The van der Waals surface area contributed by atoms with E-state index in [4.69, 9.17) is 0 Å². The zero-order chi connectivity index (χ0) is 16.8. The second kappa shape index (κ2) is 7.54. The summed E-state index contributed by atoms with van der Waals surface area (Å²) in [7, 11) is 0. The number of nitro benzene ring substituents is 1. The number of amides is 1. The van der Waals surface area contributed by atoms with Gasteiger partial charge < -0.3 is 5.32 Å². The number of carbonyl (C=O) groups excluding carboxylic acids is 1. The van der Waals surface area contributed by atoms with Crippen LogP contribution in [0.2, 0.25) is 0 Å². The number of hydrogen-bond acceptors (Lipinski definition) is 3. The molecule has 0 heterocycles. The molecule has 1 unspecified atom stereocenters. The van der Waals surface area contributed by atoms with Gasteiger partial charge in [0, 0.05) is 23.2 Å². The van der Waals surface area contributed by atoms with Crippen LogP contribution in [-0.2, 0) is 6.42 Å². The summed E-state index contributed by atoms with van der Waals surface area (Å²) in [4.78, 5) is 22.7. The number of benzene rings is 2. The van der Waals surface area contributed by atoms with Crippen LogP contribution in [0.3, 0.4) is 0 Å². The fourth-order valence-corrected chi connectivity index (χ4v) is 2.35. The van der Waals surface area contributed by atoms with Gasteiger partial charge in [-0.05, 0) is 38.3 Å². The molecule has 5 nitrogen and oxygen atoms in total. The van der Waals surface area contributed by atoms with Crippen molar-refractivity contribution in [2.24, 2.45) is 0 Å². The number of nitrogens with one attached hydrogen (secondary N) is 1. The van der Waals surface area contributed by atoms with Crippen molar-refractivity contribution < 1.29 is 9.72 Å². The first-order valence-electron chi connectivity index (χ1n) is 7.57. The number of nitrogens with zero attached hydrogens (tertiary/aromatic N) is 1. The van der Waals surface area contributed by atoms with Crippen molar-refractivity contribution in [1.82, 2.24) is 5.32 Å². The maximum atomic E-state index is 12.2. The minimum atomic E-state index is -0.467. The topological polar surface area (TPSA) is 72.2 Å². The van der Waals surface area contributed by atoms with Crippen molar-refractivity contribution in [2.75, 3.05) is 0 Å². The quantitative estimate of drug-likeness (QED) is 0.653. The van der Waals surface area contributed by atoms with Gasteiger partial charge in [-0.25, -0.2) is 0 Å². The van der Waals surface area contributed by atoms with Crippen LogP contribution in [0, 0.1) is 17.0 Å². The molecule has 2 rings (SSSR count). The number of nitro groups is 1. The van der Waals surface area contributed by atoms with Crippen LogP contribution in [0.4, 0.5) is 5.69 Å². The van der Waals surface area contributed by atoms with Gasteiger partial charge in [-0.2, -0.15) is 0 Å². The molecule has 1 atom stereocenters. The fraction of sp³-hybridized carbons (Fsp3) is 0.278. The predicted octanol–water partition coefficient (Wildman–Crippen LogP) is 3.65. The normalized spacial score (nSPS) is 11.7. The molecule has 23 heavy (non-hydrogen) atoms. The molecule has 0 bridgehead atoms. The van der Waals surface area contributed by atoms with E-state index < -0.39 is 4.92 Å². The van der Waals surface area contributed by atoms with Gasteiger partial charge in [0.05, 0.1) is 4.92 Å². The molecule has 0 saturated heterocycles. The lowest BCUT2D eigenvalue weighted by Crippen LogP contribution is -2.32. The van der Waals surface area contributed by atoms with Gasteiger partial charge in [-0.15, -0.1) is 0 Å². The maximum absolute atomic E-state index is 12.2. The smallest absolute Gasteiger partial charge is 0.273 e. The SMILES string of the molecule is Cc1ccc(C(=O)NC(C)CCc2ccccc2)cc1[N+](=O)[O-]. The Morgan fingerprint density at radius 2 is 1.91 bits per heavy atom. The third-order valence-electron chi connectivity index (χ3n) is 3.75. The Kier molecular flexibility index (Phi) is 5.46. The first kappa shape index (κ1) is 16.7. The zero-order valence-corrected chi connectivity index (χ0v) is 13.3. The molecule has 0 aromatic heterocycles. The lowest BCUT2D eigenvalue weighted by atomic mass is 10.1. The van der Waals surface area contributed by atoms with E-state index in [2.05, 4.69) is 17.4 Å². The summed E-state index contributed by atoms with van der Waals surface area (Å²) in [6.07, 6.45) is 1.68. The van der Waals surface area contributed by atoms with E-state index in [0.29, 0.717) is 11.1 Å². The van der Waals surface area contributed by atoms with Gasteiger partial charge in [-0.1, -0.05) is 36.4 Å². The molecular formula is C18H20N2O3. The second-order valence-electron chi connectivity index (χ2n) is 5.66. The van der Waals surface area contributed by atoms with E-state index in [1.165, 1.54) is 11.6 Å². The molecule has 120 valence electrons. The van der Waals surface area contributed by atoms with E-state index in [1.54, 1.807) is 19.1 Å². The van der Waals surface area contributed by atoms with Crippen LogP contribution in [0.5, 0.6) is 0 Å². The van der Waals surface area contributed by atoms with Gasteiger partial charge in [0.2, 0.25) is 0 Å². The Balaban J connectivity index is 1.96.